The number of pyridine rings is 1. The van der Waals surface area contributed by atoms with Crippen LogP contribution in [0.15, 0.2) is 158 Å². The second-order valence-electron chi connectivity index (χ2n) is 12.9. The third-order valence-electron chi connectivity index (χ3n) is 10.0. The molecule has 0 atom stereocenters. The molecule has 0 aliphatic carbocycles. The Bertz CT molecular complexity index is 2950. The summed E-state index contributed by atoms with van der Waals surface area (Å²) in [4.78, 5) is 14.7. The SMILES string of the molecule is c1ccc(-c2nc(-c3cccnc3)cc(-c3cc(-c4cc5c6ccccc6n6c7ccccc7c(c4)c56)c4sc5ccccc5c4c3)n2)cc1. The van der Waals surface area contributed by atoms with Crippen LogP contribution in [0.3, 0.4) is 0 Å². The number of hydrogen-bond acceptors (Lipinski definition) is 4. The summed E-state index contributed by atoms with van der Waals surface area (Å²) < 4.78 is 5.00. The first-order chi connectivity index (χ1) is 24.8. The molecule has 0 N–H and O–H groups in total. The summed E-state index contributed by atoms with van der Waals surface area (Å²) in [5.41, 5.74) is 10.9. The standard InChI is InChI=1S/C45H26N4S/c1-2-11-27(12-3-1)45-47-38(28-13-10-20-46-26-28)25-39(48-45)30-23-34(44-37(24-30)33-16-6-9-19-42(33)50-44)29-21-35-31-14-4-7-17-40(31)49-41-18-8-5-15-32(41)36(22-29)43(35)49/h1-26H. The molecule has 232 valence electrons. The van der Waals surface area contributed by atoms with Gasteiger partial charge in [0.25, 0.3) is 0 Å². The lowest BCUT2D eigenvalue weighted by atomic mass is 9.95. The van der Waals surface area contributed by atoms with E-state index in [1.807, 2.05) is 41.8 Å². The molecule has 0 unspecified atom stereocenters. The summed E-state index contributed by atoms with van der Waals surface area (Å²) in [6, 6.07) is 52.1. The Hall–Kier alpha value is -6.43. The monoisotopic (exact) mass is 654 g/mol. The van der Waals surface area contributed by atoms with Crippen molar-refractivity contribution in [1.82, 2.24) is 19.4 Å². The number of hydrogen-bond donors (Lipinski definition) is 0. The molecule has 5 heteroatoms. The van der Waals surface area contributed by atoms with Gasteiger partial charge in [-0.05, 0) is 66.2 Å². The van der Waals surface area contributed by atoms with Crippen molar-refractivity contribution in [1.29, 1.82) is 0 Å². The fourth-order valence-electron chi connectivity index (χ4n) is 7.77. The fourth-order valence-corrected chi connectivity index (χ4v) is 8.99. The van der Waals surface area contributed by atoms with E-state index in [9.17, 15) is 0 Å². The highest BCUT2D eigenvalue weighted by molar-refractivity contribution is 7.26. The van der Waals surface area contributed by atoms with Crippen molar-refractivity contribution < 1.29 is 0 Å². The van der Waals surface area contributed by atoms with Crippen LogP contribution in [0.5, 0.6) is 0 Å². The molecule has 0 saturated heterocycles. The van der Waals surface area contributed by atoms with Gasteiger partial charge in [-0.2, -0.15) is 0 Å². The Morgan fingerprint density at radius 2 is 1.08 bits per heavy atom. The maximum atomic E-state index is 5.23. The second-order valence-corrected chi connectivity index (χ2v) is 13.9. The van der Waals surface area contributed by atoms with Crippen LogP contribution in [-0.2, 0) is 0 Å². The molecule has 11 rings (SSSR count). The largest absolute Gasteiger partial charge is 0.308 e. The zero-order chi connectivity index (χ0) is 32.8. The topological polar surface area (TPSA) is 43.1 Å². The molecule has 0 aliphatic rings. The Labute approximate surface area is 290 Å². The molecule has 11 aromatic rings. The smallest absolute Gasteiger partial charge is 0.160 e. The summed E-state index contributed by atoms with van der Waals surface area (Å²) in [6.07, 6.45) is 3.66. The van der Waals surface area contributed by atoms with Gasteiger partial charge in [-0.3, -0.25) is 4.98 Å². The van der Waals surface area contributed by atoms with Gasteiger partial charge in [0.05, 0.1) is 27.9 Å². The van der Waals surface area contributed by atoms with Gasteiger partial charge < -0.3 is 4.40 Å². The van der Waals surface area contributed by atoms with Gasteiger partial charge in [0.15, 0.2) is 5.82 Å². The first-order valence-electron chi connectivity index (χ1n) is 16.8. The lowest BCUT2D eigenvalue weighted by molar-refractivity contribution is 1.18. The van der Waals surface area contributed by atoms with Crippen molar-refractivity contribution in [2.24, 2.45) is 0 Å². The molecule has 0 saturated carbocycles. The predicted molar refractivity (Wildman–Crippen MR) is 209 cm³/mol. The predicted octanol–water partition coefficient (Wildman–Crippen LogP) is 12.1. The molecule has 6 aromatic carbocycles. The van der Waals surface area contributed by atoms with Crippen LogP contribution in [0.4, 0.5) is 0 Å². The van der Waals surface area contributed by atoms with Gasteiger partial charge in [-0.1, -0.05) is 84.9 Å². The molecule has 0 aliphatic heterocycles. The van der Waals surface area contributed by atoms with Gasteiger partial charge in [0.1, 0.15) is 0 Å². The molecular weight excluding hydrogens is 629 g/mol. The fraction of sp³-hybridized carbons (Fsp3) is 0. The Morgan fingerprint density at radius 3 is 1.80 bits per heavy atom. The molecule has 0 radical (unpaired) electrons. The highest BCUT2D eigenvalue weighted by Crippen LogP contribution is 2.46. The molecule has 0 bridgehead atoms. The minimum atomic E-state index is 0.692. The molecule has 5 aromatic heterocycles. The van der Waals surface area contributed by atoms with Crippen molar-refractivity contribution in [3.05, 3.63) is 158 Å². The lowest BCUT2D eigenvalue weighted by Crippen LogP contribution is -1.96. The second kappa shape index (κ2) is 10.5. The van der Waals surface area contributed by atoms with Crippen molar-refractivity contribution in [2.45, 2.75) is 0 Å². The molecule has 5 heterocycles. The van der Waals surface area contributed by atoms with E-state index < -0.39 is 0 Å². The zero-order valence-electron chi connectivity index (χ0n) is 26.7. The van der Waals surface area contributed by atoms with Crippen LogP contribution in [0, 0.1) is 0 Å². The first-order valence-corrected chi connectivity index (χ1v) is 17.6. The van der Waals surface area contributed by atoms with Crippen molar-refractivity contribution in [2.75, 3.05) is 0 Å². The van der Waals surface area contributed by atoms with E-state index in [-0.39, 0.29) is 0 Å². The van der Waals surface area contributed by atoms with Crippen LogP contribution in [0.2, 0.25) is 0 Å². The van der Waals surface area contributed by atoms with Gasteiger partial charge in [0.2, 0.25) is 0 Å². The van der Waals surface area contributed by atoms with Crippen LogP contribution in [0.1, 0.15) is 0 Å². The third-order valence-corrected chi connectivity index (χ3v) is 11.2. The summed E-state index contributed by atoms with van der Waals surface area (Å²) in [7, 11) is 0. The zero-order valence-corrected chi connectivity index (χ0v) is 27.5. The minimum Gasteiger partial charge on any atom is -0.308 e. The number of para-hydroxylation sites is 2. The molecule has 4 nitrogen and oxygen atoms in total. The van der Waals surface area contributed by atoms with E-state index >= 15 is 0 Å². The maximum absolute atomic E-state index is 5.23. The average Bonchev–Trinajstić information content (AvgIpc) is 3.85. The number of fused-ring (bicyclic) bond motifs is 9. The van der Waals surface area contributed by atoms with E-state index in [0.717, 1.165) is 28.1 Å². The van der Waals surface area contributed by atoms with Crippen molar-refractivity contribution in [3.8, 4) is 45.0 Å². The van der Waals surface area contributed by atoms with Gasteiger partial charge in [-0.25, -0.2) is 9.97 Å². The van der Waals surface area contributed by atoms with E-state index in [4.69, 9.17) is 9.97 Å². The van der Waals surface area contributed by atoms with Gasteiger partial charge in [0, 0.05) is 76.4 Å². The lowest BCUT2D eigenvalue weighted by Gasteiger charge is -2.12. The summed E-state index contributed by atoms with van der Waals surface area (Å²) in [5.74, 6) is 0.692. The number of thiophene rings is 1. The quantitative estimate of drug-likeness (QED) is 0.190. The number of benzene rings is 6. The minimum absolute atomic E-state index is 0.692. The number of rotatable bonds is 4. The summed E-state index contributed by atoms with van der Waals surface area (Å²) in [5, 5.41) is 7.59. The van der Waals surface area contributed by atoms with Crippen molar-refractivity contribution >= 4 is 69.6 Å². The van der Waals surface area contributed by atoms with Gasteiger partial charge >= 0.3 is 0 Å². The van der Waals surface area contributed by atoms with Crippen LogP contribution in [0.25, 0.3) is 103 Å². The molecule has 0 spiro atoms. The van der Waals surface area contributed by atoms with Crippen LogP contribution < -0.4 is 0 Å². The third kappa shape index (κ3) is 4.01. The Morgan fingerprint density at radius 1 is 0.460 bits per heavy atom. The van der Waals surface area contributed by atoms with E-state index in [1.54, 1.807) is 6.20 Å². The van der Waals surface area contributed by atoms with Crippen molar-refractivity contribution in [3.63, 3.8) is 0 Å². The Kier molecular flexibility index (Phi) is 5.80. The maximum Gasteiger partial charge on any atom is 0.160 e. The first kappa shape index (κ1) is 27.5. The van der Waals surface area contributed by atoms with E-state index in [1.165, 1.54) is 69.4 Å². The average molecular weight is 655 g/mol. The van der Waals surface area contributed by atoms with Gasteiger partial charge in [-0.15, -0.1) is 11.3 Å². The highest BCUT2D eigenvalue weighted by atomic mass is 32.1. The van der Waals surface area contributed by atoms with Crippen LogP contribution >= 0.6 is 11.3 Å². The normalized spacial score (nSPS) is 12.0. The molecule has 50 heavy (non-hydrogen) atoms. The van der Waals surface area contributed by atoms with E-state index in [2.05, 4.69) is 131 Å². The van der Waals surface area contributed by atoms with E-state index in [0.29, 0.717) is 5.82 Å². The number of nitrogens with zero attached hydrogens (tertiary/aromatic N) is 4. The summed E-state index contributed by atoms with van der Waals surface area (Å²) >= 11 is 1.86. The highest BCUT2D eigenvalue weighted by Gasteiger charge is 2.21. The Balaban J connectivity index is 1.24. The number of aromatic nitrogens is 4. The molecule has 0 fully saturated rings. The summed E-state index contributed by atoms with van der Waals surface area (Å²) in [6.45, 7) is 0. The molecular formula is C45H26N4S. The van der Waals surface area contributed by atoms with Crippen LogP contribution in [-0.4, -0.2) is 19.4 Å². The molecule has 0 amide bonds.